The maximum Gasteiger partial charge on any atom is 0.258 e. The average molecular weight is 335 g/mol. The molecule has 2 heterocycles. The van der Waals surface area contributed by atoms with E-state index in [1.54, 1.807) is 18.5 Å². The summed E-state index contributed by atoms with van der Waals surface area (Å²) in [7, 11) is 0. The molecule has 0 radical (unpaired) electrons. The number of nitrogens with one attached hydrogen (secondary N) is 1. The Kier molecular flexibility index (Phi) is 4.22. The van der Waals surface area contributed by atoms with E-state index in [0.717, 1.165) is 0 Å². The van der Waals surface area contributed by atoms with Gasteiger partial charge in [0.2, 0.25) is 5.91 Å². The highest BCUT2D eigenvalue weighted by molar-refractivity contribution is 6.15. The Hall–Kier alpha value is -2.69. The maximum atomic E-state index is 12.9. The normalized spacial score (nSPS) is 17.8. The Bertz CT molecular complexity index is 795. The molecule has 1 N–H and O–H groups in total. The van der Waals surface area contributed by atoms with Gasteiger partial charge < -0.3 is 5.32 Å². The Morgan fingerprint density at radius 2 is 1.84 bits per heavy atom. The fourth-order valence-corrected chi connectivity index (χ4v) is 3.81. The Labute approximate surface area is 147 Å². The number of hydrogen-bond acceptors (Lipinski definition) is 3. The minimum Gasteiger partial charge on any atom is -0.321 e. The number of carbonyl (C=O) groups is 2. The molecular weight excluding hydrogens is 314 g/mol. The number of fused-ring (bicyclic) bond motifs is 1. The van der Waals surface area contributed by atoms with Crippen LogP contribution in [-0.4, -0.2) is 23.3 Å². The van der Waals surface area contributed by atoms with Gasteiger partial charge in [-0.1, -0.05) is 31.4 Å². The van der Waals surface area contributed by atoms with Crippen LogP contribution in [0.4, 0.5) is 11.4 Å². The molecule has 2 aromatic rings. The fourth-order valence-electron chi connectivity index (χ4n) is 3.81. The summed E-state index contributed by atoms with van der Waals surface area (Å²) in [6, 6.07) is 9.67. The smallest absolute Gasteiger partial charge is 0.258 e. The summed E-state index contributed by atoms with van der Waals surface area (Å²) in [5, 5.41) is 2.75. The second kappa shape index (κ2) is 6.67. The van der Waals surface area contributed by atoms with E-state index < -0.39 is 0 Å². The lowest BCUT2D eigenvalue weighted by Gasteiger charge is -2.29. The molecule has 128 valence electrons. The number of hydrogen-bond donors (Lipinski definition) is 1. The van der Waals surface area contributed by atoms with Crippen LogP contribution in [0.5, 0.6) is 0 Å². The van der Waals surface area contributed by atoms with Gasteiger partial charge >= 0.3 is 0 Å². The maximum absolute atomic E-state index is 12.9. The van der Waals surface area contributed by atoms with Crippen molar-refractivity contribution in [3.05, 3.63) is 53.9 Å². The molecule has 2 amide bonds. The third-order valence-electron chi connectivity index (χ3n) is 5.14. The van der Waals surface area contributed by atoms with Crippen molar-refractivity contribution >= 4 is 23.2 Å². The second-order valence-corrected chi connectivity index (χ2v) is 6.79. The molecule has 1 aromatic carbocycles. The van der Waals surface area contributed by atoms with Crippen LogP contribution in [0.25, 0.3) is 0 Å². The lowest BCUT2D eigenvalue weighted by molar-refractivity contribution is -0.115. The highest BCUT2D eigenvalue weighted by Crippen LogP contribution is 2.33. The number of pyridine rings is 1. The van der Waals surface area contributed by atoms with Gasteiger partial charge in [-0.25, -0.2) is 0 Å². The summed E-state index contributed by atoms with van der Waals surface area (Å²) in [6.45, 7) is 0.0280. The standard InChI is InChI=1S/C20H21N3O2/c24-19-13-23(18-10-11-21-12-17(18)22-19)20(25)16-8-6-15(7-9-16)14-4-2-1-3-5-14/h6-12,14H,1-5,13H2,(H,22,24). The van der Waals surface area contributed by atoms with Crippen molar-refractivity contribution in [1.82, 2.24) is 4.98 Å². The van der Waals surface area contributed by atoms with Gasteiger partial charge in [-0.3, -0.25) is 19.5 Å². The van der Waals surface area contributed by atoms with Gasteiger partial charge in [0.15, 0.2) is 0 Å². The molecule has 1 saturated carbocycles. The minimum absolute atomic E-state index is 0.0280. The summed E-state index contributed by atoms with van der Waals surface area (Å²) in [4.78, 5) is 30.3. The van der Waals surface area contributed by atoms with E-state index in [1.807, 2.05) is 12.1 Å². The first kappa shape index (κ1) is 15.8. The fraction of sp³-hybridized carbons (Fsp3) is 0.350. The number of amides is 2. The number of benzene rings is 1. The molecule has 1 aliphatic carbocycles. The Morgan fingerprint density at radius 3 is 2.60 bits per heavy atom. The van der Waals surface area contributed by atoms with E-state index in [0.29, 0.717) is 22.9 Å². The number of aromatic nitrogens is 1. The zero-order valence-electron chi connectivity index (χ0n) is 14.1. The van der Waals surface area contributed by atoms with E-state index in [4.69, 9.17) is 0 Å². The molecule has 0 spiro atoms. The monoisotopic (exact) mass is 335 g/mol. The van der Waals surface area contributed by atoms with Crippen LogP contribution in [0.1, 0.15) is 53.9 Å². The van der Waals surface area contributed by atoms with E-state index in [9.17, 15) is 9.59 Å². The Balaban J connectivity index is 1.58. The zero-order chi connectivity index (χ0) is 17.2. The lowest BCUT2D eigenvalue weighted by Crippen LogP contribution is -2.42. The predicted molar refractivity (Wildman–Crippen MR) is 96.8 cm³/mol. The molecule has 1 aromatic heterocycles. The van der Waals surface area contributed by atoms with Gasteiger partial charge in [-0.2, -0.15) is 0 Å². The van der Waals surface area contributed by atoms with Crippen LogP contribution >= 0.6 is 0 Å². The van der Waals surface area contributed by atoms with Gasteiger partial charge in [0.1, 0.15) is 6.54 Å². The molecule has 0 bridgehead atoms. The summed E-state index contributed by atoms with van der Waals surface area (Å²) in [5.74, 6) is 0.260. The molecule has 0 unspecified atom stereocenters. The second-order valence-electron chi connectivity index (χ2n) is 6.79. The topological polar surface area (TPSA) is 62.3 Å². The molecule has 5 heteroatoms. The number of anilines is 2. The molecule has 0 saturated heterocycles. The Morgan fingerprint density at radius 1 is 1.08 bits per heavy atom. The van der Waals surface area contributed by atoms with Crippen molar-refractivity contribution in [1.29, 1.82) is 0 Å². The molecule has 25 heavy (non-hydrogen) atoms. The molecule has 4 rings (SSSR count). The number of carbonyl (C=O) groups excluding carboxylic acids is 2. The molecule has 1 aliphatic heterocycles. The third kappa shape index (κ3) is 3.14. The van der Waals surface area contributed by atoms with Crippen LogP contribution < -0.4 is 10.2 Å². The summed E-state index contributed by atoms with van der Waals surface area (Å²) >= 11 is 0. The largest absolute Gasteiger partial charge is 0.321 e. The van der Waals surface area contributed by atoms with Crippen molar-refractivity contribution in [2.45, 2.75) is 38.0 Å². The quantitative estimate of drug-likeness (QED) is 0.909. The first-order chi connectivity index (χ1) is 12.2. The molecule has 2 aliphatic rings. The van der Waals surface area contributed by atoms with E-state index in [-0.39, 0.29) is 18.4 Å². The van der Waals surface area contributed by atoms with E-state index in [1.165, 1.54) is 42.6 Å². The molecule has 5 nitrogen and oxygen atoms in total. The van der Waals surface area contributed by atoms with Crippen molar-refractivity contribution in [3.63, 3.8) is 0 Å². The van der Waals surface area contributed by atoms with Crippen molar-refractivity contribution in [2.24, 2.45) is 0 Å². The highest BCUT2D eigenvalue weighted by atomic mass is 16.2. The third-order valence-corrected chi connectivity index (χ3v) is 5.14. The highest BCUT2D eigenvalue weighted by Gasteiger charge is 2.27. The predicted octanol–water partition coefficient (Wildman–Crippen LogP) is 3.73. The summed E-state index contributed by atoms with van der Waals surface area (Å²) in [6.07, 6.45) is 9.58. The minimum atomic E-state index is -0.201. The SMILES string of the molecule is O=C1CN(C(=O)c2ccc(C3CCCCC3)cc2)c2ccncc2N1. The van der Waals surface area contributed by atoms with Crippen LogP contribution in [0.3, 0.4) is 0 Å². The van der Waals surface area contributed by atoms with Crippen molar-refractivity contribution in [3.8, 4) is 0 Å². The molecule has 0 atom stereocenters. The van der Waals surface area contributed by atoms with Crippen LogP contribution in [-0.2, 0) is 4.79 Å². The van der Waals surface area contributed by atoms with Gasteiger partial charge in [0.25, 0.3) is 5.91 Å². The van der Waals surface area contributed by atoms with Crippen LogP contribution in [0, 0.1) is 0 Å². The van der Waals surface area contributed by atoms with Gasteiger partial charge in [-0.05, 0) is 42.5 Å². The van der Waals surface area contributed by atoms with Gasteiger partial charge in [0, 0.05) is 11.8 Å². The van der Waals surface area contributed by atoms with Crippen molar-refractivity contribution in [2.75, 3.05) is 16.8 Å². The number of rotatable bonds is 2. The summed E-state index contributed by atoms with van der Waals surface area (Å²) in [5.41, 5.74) is 3.19. The zero-order valence-corrected chi connectivity index (χ0v) is 14.1. The van der Waals surface area contributed by atoms with E-state index >= 15 is 0 Å². The lowest BCUT2D eigenvalue weighted by atomic mass is 9.84. The van der Waals surface area contributed by atoms with Crippen LogP contribution in [0.2, 0.25) is 0 Å². The first-order valence-corrected chi connectivity index (χ1v) is 8.88. The van der Waals surface area contributed by atoms with E-state index in [2.05, 4.69) is 22.4 Å². The molecular formula is C20H21N3O2. The van der Waals surface area contributed by atoms with Crippen LogP contribution in [0.15, 0.2) is 42.7 Å². The van der Waals surface area contributed by atoms with Crippen molar-refractivity contribution < 1.29 is 9.59 Å². The number of nitrogens with zero attached hydrogens (tertiary/aromatic N) is 2. The molecule has 1 fully saturated rings. The van der Waals surface area contributed by atoms with Gasteiger partial charge in [0.05, 0.1) is 17.6 Å². The average Bonchev–Trinajstić information content (AvgIpc) is 2.67. The summed E-state index contributed by atoms with van der Waals surface area (Å²) < 4.78 is 0. The van der Waals surface area contributed by atoms with Gasteiger partial charge in [-0.15, -0.1) is 0 Å². The first-order valence-electron chi connectivity index (χ1n) is 8.88.